The third-order valence-corrected chi connectivity index (χ3v) is 4.96. The maximum atomic E-state index is 11.9. The highest BCUT2D eigenvalue weighted by Crippen LogP contribution is 2.46. The van der Waals surface area contributed by atoms with Gasteiger partial charge in [0.2, 0.25) is 0 Å². The maximum absolute atomic E-state index is 11.9. The minimum absolute atomic E-state index is 0.223. The number of carbonyl (C=O) groups excluding carboxylic acids is 1. The number of amides is 1. The van der Waals surface area contributed by atoms with Crippen molar-refractivity contribution >= 4 is 19.7 Å². The zero-order chi connectivity index (χ0) is 19.6. The number of alkyl carbamates (subject to hydrolysis) is 1. The van der Waals surface area contributed by atoms with Crippen LogP contribution < -0.4 is 10.1 Å². The average molecular weight is 389 g/mol. The lowest BCUT2D eigenvalue weighted by Crippen LogP contribution is -2.34. The number of aliphatic carboxylic acids is 1. The fourth-order valence-electron chi connectivity index (χ4n) is 1.85. The van der Waals surface area contributed by atoms with Crippen LogP contribution >= 0.6 is 7.60 Å². The van der Waals surface area contributed by atoms with Crippen molar-refractivity contribution in [2.24, 2.45) is 0 Å². The fraction of sp³-hybridized carbons (Fsp3) is 0.500. The molecule has 1 amide bonds. The second-order valence-corrected chi connectivity index (χ2v) is 7.43. The van der Waals surface area contributed by atoms with Gasteiger partial charge in [0.25, 0.3) is 0 Å². The van der Waals surface area contributed by atoms with E-state index in [1.54, 1.807) is 0 Å². The normalized spacial score (nSPS) is 12.3. The smallest absolute Gasteiger partial charge is 0.408 e. The molecule has 1 rings (SSSR count). The highest BCUT2D eigenvalue weighted by molar-refractivity contribution is 7.53. The summed E-state index contributed by atoms with van der Waals surface area (Å²) in [7, 11) is -0.817. The van der Waals surface area contributed by atoms with Gasteiger partial charge >= 0.3 is 19.7 Å². The Balaban J connectivity index is 2.71. The molecule has 0 aliphatic heterocycles. The molecule has 146 valence electrons. The number of hydrogen-bond donors (Lipinski definition) is 2. The molecule has 0 radical (unpaired) electrons. The highest BCUT2D eigenvalue weighted by Gasteiger charge is 2.24. The molecule has 0 spiro atoms. The van der Waals surface area contributed by atoms with Gasteiger partial charge in [-0.25, -0.2) is 9.59 Å². The van der Waals surface area contributed by atoms with Crippen LogP contribution in [0.1, 0.15) is 31.4 Å². The standard InChI is InChI=1S/C16H24NO8P/c1-4-5-10-24-16(20)17-14(15(18)19)12-6-8-13(9-7-12)25-11-26(21,22-2)23-3/h6-9,14H,4-5,10-11H2,1-3H3,(H,17,20)(H,18,19)/t14-/m1/s1. The SMILES string of the molecule is CCCCOC(=O)N[C@@H](C(=O)O)c1ccc(OCP(=O)(OC)OC)cc1. The van der Waals surface area contributed by atoms with Crippen molar-refractivity contribution in [3.8, 4) is 5.75 Å². The number of benzene rings is 1. The van der Waals surface area contributed by atoms with Crippen LogP contribution in [-0.4, -0.2) is 44.3 Å². The number of hydrogen-bond acceptors (Lipinski definition) is 7. The molecular weight excluding hydrogens is 365 g/mol. The van der Waals surface area contributed by atoms with E-state index in [-0.39, 0.29) is 13.0 Å². The topological polar surface area (TPSA) is 120 Å². The van der Waals surface area contributed by atoms with Crippen molar-refractivity contribution in [3.63, 3.8) is 0 Å². The van der Waals surface area contributed by atoms with Crippen molar-refractivity contribution in [2.45, 2.75) is 25.8 Å². The third kappa shape index (κ3) is 7.03. The van der Waals surface area contributed by atoms with Gasteiger partial charge in [-0.2, -0.15) is 0 Å². The van der Waals surface area contributed by atoms with Crippen LogP contribution in [0.2, 0.25) is 0 Å². The molecule has 1 atom stereocenters. The molecule has 0 saturated heterocycles. The number of ether oxygens (including phenoxy) is 2. The fourth-order valence-corrected chi connectivity index (χ4v) is 2.51. The molecule has 0 aromatic heterocycles. The van der Waals surface area contributed by atoms with Gasteiger partial charge in [-0.1, -0.05) is 25.5 Å². The van der Waals surface area contributed by atoms with E-state index in [2.05, 4.69) is 5.32 Å². The predicted molar refractivity (Wildman–Crippen MR) is 93.3 cm³/mol. The Hall–Kier alpha value is -2.09. The second-order valence-electron chi connectivity index (χ2n) is 5.22. The minimum Gasteiger partial charge on any atom is -0.481 e. The second kappa shape index (κ2) is 10.8. The molecule has 0 aliphatic rings. The lowest BCUT2D eigenvalue weighted by Gasteiger charge is -2.16. The van der Waals surface area contributed by atoms with E-state index >= 15 is 0 Å². The summed E-state index contributed by atoms with van der Waals surface area (Å²) in [5.74, 6) is -0.882. The Morgan fingerprint density at radius 1 is 1.19 bits per heavy atom. The van der Waals surface area contributed by atoms with E-state index in [1.165, 1.54) is 38.5 Å². The van der Waals surface area contributed by atoms with E-state index in [4.69, 9.17) is 18.5 Å². The molecular formula is C16H24NO8P. The van der Waals surface area contributed by atoms with Crippen molar-refractivity contribution in [1.29, 1.82) is 0 Å². The lowest BCUT2D eigenvalue weighted by molar-refractivity contribution is -0.139. The Morgan fingerprint density at radius 3 is 2.31 bits per heavy atom. The van der Waals surface area contributed by atoms with E-state index < -0.39 is 25.7 Å². The maximum Gasteiger partial charge on any atom is 0.408 e. The van der Waals surface area contributed by atoms with Gasteiger partial charge in [-0.15, -0.1) is 0 Å². The number of rotatable bonds is 11. The molecule has 26 heavy (non-hydrogen) atoms. The van der Waals surface area contributed by atoms with E-state index in [9.17, 15) is 19.3 Å². The van der Waals surface area contributed by atoms with E-state index in [1.807, 2.05) is 6.92 Å². The van der Waals surface area contributed by atoms with Gasteiger partial charge in [0, 0.05) is 14.2 Å². The number of carbonyl (C=O) groups is 2. The molecule has 0 fully saturated rings. The van der Waals surface area contributed by atoms with Crippen molar-refractivity contribution < 1.29 is 37.8 Å². The van der Waals surface area contributed by atoms with Crippen LogP contribution in [0.4, 0.5) is 4.79 Å². The zero-order valence-electron chi connectivity index (χ0n) is 15.0. The summed E-state index contributed by atoms with van der Waals surface area (Å²) in [5.41, 5.74) is 0.332. The summed E-state index contributed by atoms with van der Waals surface area (Å²) in [6.45, 7) is 2.17. The predicted octanol–water partition coefficient (Wildman–Crippen LogP) is 3.16. The molecule has 0 aliphatic carbocycles. The van der Waals surface area contributed by atoms with Crippen molar-refractivity contribution in [1.82, 2.24) is 5.32 Å². The number of nitrogens with one attached hydrogen (secondary N) is 1. The first kappa shape index (κ1) is 22.0. The van der Waals surface area contributed by atoms with Gasteiger partial charge < -0.3 is 28.9 Å². The van der Waals surface area contributed by atoms with Gasteiger partial charge in [-0.3, -0.25) is 4.57 Å². The molecule has 2 N–H and O–H groups in total. The molecule has 0 bridgehead atoms. The summed E-state index contributed by atoms with van der Waals surface area (Å²) < 4.78 is 31.7. The average Bonchev–Trinajstić information content (AvgIpc) is 2.64. The quantitative estimate of drug-likeness (QED) is 0.437. The van der Waals surface area contributed by atoms with Gasteiger partial charge in [0.1, 0.15) is 5.75 Å². The molecule has 9 nitrogen and oxygen atoms in total. The summed E-state index contributed by atoms with van der Waals surface area (Å²) >= 11 is 0. The van der Waals surface area contributed by atoms with Crippen LogP contribution in [-0.2, 0) is 23.1 Å². The molecule has 10 heteroatoms. The Morgan fingerprint density at radius 2 is 1.81 bits per heavy atom. The molecule has 1 aromatic rings. The number of carboxylic acid groups (broad SMARTS) is 1. The first-order chi connectivity index (χ1) is 12.3. The first-order valence-corrected chi connectivity index (χ1v) is 9.67. The Kier molecular flexibility index (Phi) is 9.12. The van der Waals surface area contributed by atoms with Crippen LogP contribution in [0.5, 0.6) is 5.75 Å². The highest BCUT2D eigenvalue weighted by atomic mass is 31.2. The van der Waals surface area contributed by atoms with Crippen LogP contribution in [0.3, 0.4) is 0 Å². The number of carboxylic acids is 1. The molecule has 0 unspecified atom stereocenters. The minimum atomic E-state index is -3.32. The monoisotopic (exact) mass is 389 g/mol. The van der Waals surface area contributed by atoms with Crippen LogP contribution in [0.25, 0.3) is 0 Å². The largest absolute Gasteiger partial charge is 0.481 e. The van der Waals surface area contributed by atoms with Gasteiger partial charge in [0.05, 0.1) is 6.61 Å². The lowest BCUT2D eigenvalue weighted by atomic mass is 10.1. The molecule has 1 aromatic carbocycles. The Bertz CT molecular complexity index is 626. The first-order valence-electron chi connectivity index (χ1n) is 7.94. The van der Waals surface area contributed by atoms with Crippen molar-refractivity contribution in [3.05, 3.63) is 29.8 Å². The summed E-state index contributed by atoms with van der Waals surface area (Å²) in [6.07, 6.45) is 0.469. The van der Waals surface area contributed by atoms with Crippen molar-refractivity contribution in [2.75, 3.05) is 27.2 Å². The third-order valence-electron chi connectivity index (χ3n) is 3.40. The number of unbranched alkanes of at least 4 members (excludes halogenated alkanes) is 1. The molecule has 0 saturated carbocycles. The van der Waals surface area contributed by atoms with Crippen LogP contribution in [0, 0.1) is 0 Å². The zero-order valence-corrected chi connectivity index (χ0v) is 15.9. The van der Waals surface area contributed by atoms with Gasteiger partial charge in [-0.05, 0) is 24.1 Å². The Labute approximate surface area is 152 Å². The van der Waals surface area contributed by atoms with E-state index in [0.717, 1.165) is 6.42 Å². The van der Waals surface area contributed by atoms with Crippen LogP contribution in [0.15, 0.2) is 24.3 Å². The van der Waals surface area contributed by atoms with Gasteiger partial charge in [0.15, 0.2) is 12.4 Å². The molecule has 0 heterocycles. The summed E-state index contributed by atoms with van der Waals surface area (Å²) in [6, 6.07) is 4.67. The summed E-state index contributed by atoms with van der Waals surface area (Å²) in [5, 5.41) is 11.6. The summed E-state index contributed by atoms with van der Waals surface area (Å²) in [4.78, 5) is 23.1. The van der Waals surface area contributed by atoms with E-state index in [0.29, 0.717) is 17.7 Å².